The predicted molar refractivity (Wildman–Crippen MR) is 130 cm³/mol. The van der Waals surface area contributed by atoms with Crippen LogP contribution in [0.25, 0.3) is 0 Å². The van der Waals surface area contributed by atoms with Crippen molar-refractivity contribution < 1.29 is 23.9 Å². The minimum Gasteiger partial charge on any atom is -0.497 e. The summed E-state index contributed by atoms with van der Waals surface area (Å²) in [6, 6.07) is 11.9. The summed E-state index contributed by atoms with van der Waals surface area (Å²) in [6.07, 6.45) is 1.35. The van der Waals surface area contributed by atoms with E-state index in [1.54, 1.807) is 42.5 Å². The maximum Gasteiger partial charge on any atom is 0.257 e. The fraction of sp³-hybridized carbons (Fsp3) is 0.250. The van der Waals surface area contributed by atoms with Crippen LogP contribution in [0.3, 0.4) is 0 Å². The summed E-state index contributed by atoms with van der Waals surface area (Å²) in [6.45, 7) is 1.43. The minimum absolute atomic E-state index is 0.181. The zero-order valence-corrected chi connectivity index (χ0v) is 19.7. The van der Waals surface area contributed by atoms with Gasteiger partial charge in [0.2, 0.25) is 11.8 Å². The lowest BCUT2D eigenvalue weighted by Crippen LogP contribution is -2.20. The van der Waals surface area contributed by atoms with Crippen LogP contribution in [0.1, 0.15) is 40.2 Å². The molecule has 3 amide bonds. The zero-order chi connectivity index (χ0) is 24.2. The lowest BCUT2D eigenvalue weighted by Gasteiger charge is -2.12. The molecule has 34 heavy (non-hydrogen) atoms. The van der Waals surface area contributed by atoms with Crippen LogP contribution in [-0.2, 0) is 16.0 Å². The smallest absolute Gasteiger partial charge is 0.257 e. The van der Waals surface area contributed by atoms with Crippen molar-refractivity contribution in [2.45, 2.75) is 25.7 Å². The Hall–Kier alpha value is -3.92. The summed E-state index contributed by atoms with van der Waals surface area (Å²) in [5, 5.41) is 8.84. The van der Waals surface area contributed by atoms with Gasteiger partial charge in [-0.05, 0) is 43.2 Å². The van der Waals surface area contributed by atoms with Gasteiger partial charge in [0, 0.05) is 34.8 Å². The number of rotatable bonds is 7. The van der Waals surface area contributed by atoms with Gasteiger partial charge in [0.25, 0.3) is 5.91 Å². The van der Waals surface area contributed by atoms with E-state index >= 15 is 0 Å². The molecule has 0 bridgehead atoms. The molecule has 1 aliphatic carbocycles. The van der Waals surface area contributed by atoms with Crippen molar-refractivity contribution in [3.63, 3.8) is 0 Å². The highest BCUT2D eigenvalue weighted by Gasteiger charge is 2.33. The highest BCUT2D eigenvalue weighted by molar-refractivity contribution is 7.16. The SMILES string of the molecule is COc1cc(OC)cc(C(=O)Nc2nc3c(s2)CCC3C(=O)Nc2cccc(NC(C)=O)c2)c1. The number of carbonyl (C=O) groups is 3. The summed E-state index contributed by atoms with van der Waals surface area (Å²) in [7, 11) is 3.03. The molecule has 1 atom stereocenters. The van der Waals surface area contributed by atoms with Crippen LogP contribution in [0.2, 0.25) is 0 Å². The number of nitrogens with one attached hydrogen (secondary N) is 3. The predicted octanol–water partition coefficient (Wildman–Crippen LogP) is 4.04. The number of amides is 3. The molecule has 9 nitrogen and oxygen atoms in total. The zero-order valence-electron chi connectivity index (χ0n) is 18.9. The summed E-state index contributed by atoms with van der Waals surface area (Å²) in [5.41, 5.74) is 2.24. The van der Waals surface area contributed by atoms with Crippen LogP contribution >= 0.6 is 11.3 Å². The van der Waals surface area contributed by atoms with Crippen LogP contribution in [0.5, 0.6) is 11.5 Å². The van der Waals surface area contributed by atoms with E-state index in [1.165, 1.54) is 32.5 Å². The van der Waals surface area contributed by atoms with E-state index in [4.69, 9.17) is 9.47 Å². The molecule has 4 rings (SSSR count). The molecule has 0 saturated carbocycles. The number of hydrogen-bond acceptors (Lipinski definition) is 7. The first-order chi connectivity index (χ1) is 16.4. The lowest BCUT2D eigenvalue weighted by molar-refractivity contribution is -0.117. The minimum atomic E-state index is -0.418. The Morgan fingerprint density at radius 3 is 2.29 bits per heavy atom. The molecule has 1 unspecified atom stereocenters. The number of thiazole rings is 1. The molecule has 10 heteroatoms. The molecule has 0 saturated heterocycles. The van der Waals surface area contributed by atoms with Gasteiger partial charge in [0.1, 0.15) is 11.5 Å². The van der Waals surface area contributed by atoms with Gasteiger partial charge >= 0.3 is 0 Å². The Bertz CT molecular complexity index is 1230. The first-order valence-electron chi connectivity index (χ1n) is 10.6. The molecule has 3 N–H and O–H groups in total. The maximum atomic E-state index is 13.0. The highest BCUT2D eigenvalue weighted by atomic mass is 32.1. The van der Waals surface area contributed by atoms with Crippen molar-refractivity contribution in [2.75, 3.05) is 30.2 Å². The van der Waals surface area contributed by atoms with Crippen LogP contribution in [-0.4, -0.2) is 36.9 Å². The van der Waals surface area contributed by atoms with E-state index in [-0.39, 0.29) is 17.7 Å². The number of nitrogens with zero attached hydrogens (tertiary/aromatic N) is 1. The van der Waals surface area contributed by atoms with Crippen LogP contribution < -0.4 is 25.4 Å². The first kappa shape index (κ1) is 23.2. The molecular formula is C24H24N4O5S. The molecular weight excluding hydrogens is 456 g/mol. The van der Waals surface area contributed by atoms with Crippen molar-refractivity contribution in [3.8, 4) is 11.5 Å². The third-order valence-electron chi connectivity index (χ3n) is 5.32. The van der Waals surface area contributed by atoms with E-state index in [0.717, 1.165) is 4.88 Å². The molecule has 1 heterocycles. The van der Waals surface area contributed by atoms with E-state index < -0.39 is 5.92 Å². The van der Waals surface area contributed by atoms with Gasteiger partial charge in [0.15, 0.2) is 5.13 Å². The largest absolute Gasteiger partial charge is 0.497 e. The molecule has 0 aliphatic heterocycles. The number of benzene rings is 2. The summed E-state index contributed by atoms with van der Waals surface area (Å²) in [4.78, 5) is 42.5. The Labute approximate surface area is 200 Å². The summed E-state index contributed by atoms with van der Waals surface area (Å²) >= 11 is 1.37. The fourth-order valence-corrected chi connectivity index (χ4v) is 4.78. The fourth-order valence-electron chi connectivity index (χ4n) is 3.75. The third kappa shape index (κ3) is 5.18. The second-order valence-corrected chi connectivity index (χ2v) is 8.81. The number of methoxy groups -OCH3 is 2. The standard InChI is InChI=1S/C24H24N4O5S/c1-13(29)25-15-5-4-6-16(11-15)26-23(31)19-7-8-20-21(19)27-24(34-20)28-22(30)14-9-17(32-2)12-18(10-14)33-3/h4-6,9-12,19H,7-8H2,1-3H3,(H,25,29)(H,26,31)(H,27,28,30). The monoisotopic (exact) mass is 480 g/mol. The second kappa shape index (κ2) is 9.92. The molecule has 3 aromatic rings. The van der Waals surface area contributed by atoms with Gasteiger partial charge in [-0.25, -0.2) is 4.98 Å². The van der Waals surface area contributed by atoms with Crippen molar-refractivity contribution in [3.05, 3.63) is 58.6 Å². The first-order valence-corrected chi connectivity index (χ1v) is 11.4. The summed E-state index contributed by atoms with van der Waals surface area (Å²) in [5.74, 6) is -0.123. The van der Waals surface area contributed by atoms with E-state index in [0.29, 0.717) is 52.1 Å². The molecule has 0 spiro atoms. The van der Waals surface area contributed by atoms with E-state index in [9.17, 15) is 14.4 Å². The molecule has 176 valence electrons. The molecule has 0 radical (unpaired) electrons. The maximum absolute atomic E-state index is 13.0. The van der Waals surface area contributed by atoms with Crippen molar-refractivity contribution in [2.24, 2.45) is 0 Å². The summed E-state index contributed by atoms with van der Waals surface area (Å²) < 4.78 is 10.4. The average molecular weight is 481 g/mol. The number of aromatic nitrogens is 1. The highest BCUT2D eigenvalue weighted by Crippen LogP contribution is 2.39. The number of carbonyl (C=O) groups excluding carboxylic acids is 3. The lowest BCUT2D eigenvalue weighted by atomic mass is 10.1. The van der Waals surface area contributed by atoms with Gasteiger partial charge in [-0.15, -0.1) is 11.3 Å². The molecule has 0 fully saturated rings. The van der Waals surface area contributed by atoms with Crippen molar-refractivity contribution in [1.82, 2.24) is 4.98 Å². The topological polar surface area (TPSA) is 119 Å². The third-order valence-corrected chi connectivity index (χ3v) is 6.37. The molecule has 2 aromatic carbocycles. The number of anilines is 3. The van der Waals surface area contributed by atoms with Crippen molar-refractivity contribution in [1.29, 1.82) is 0 Å². The molecule has 1 aliphatic rings. The quantitative estimate of drug-likeness (QED) is 0.470. The van der Waals surface area contributed by atoms with Crippen molar-refractivity contribution >= 4 is 45.6 Å². The van der Waals surface area contributed by atoms with Crippen LogP contribution in [0, 0.1) is 0 Å². The van der Waals surface area contributed by atoms with E-state index in [2.05, 4.69) is 20.9 Å². The van der Waals surface area contributed by atoms with Gasteiger partial charge < -0.3 is 20.1 Å². The van der Waals surface area contributed by atoms with Gasteiger partial charge in [-0.1, -0.05) is 6.07 Å². The number of fused-ring (bicyclic) bond motifs is 1. The number of ether oxygens (including phenoxy) is 2. The number of hydrogen-bond donors (Lipinski definition) is 3. The Morgan fingerprint density at radius 2 is 1.65 bits per heavy atom. The van der Waals surface area contributed by atoms with Gasteiger partial charge in [-0.3, -0.25) is 19.7 Å². The van der Waals surface area contributed by atoms with Crippen LogP contribution in [0.4, 0.5) is 16.5 Å². The Kier molecular flexibility index (Phi) is 6.78. The van der Waals surface area contributed by atoms with E-state index in [1.807, 2.05) is 0 Å². The second-order valence-electron chi connectivity index (χ2n) is 7.73. The van der Waals surface area contributed by atoms with Gasteiger partial charge in [-0.2, -0.15) is 0 Å². The van der Waals surface area contributed by atoms with Gasteiger partial charge in [0.05, 0.1) is 25.8 Å². The average Bonchev–Trinajstić information content (AvgIpc) is 3.38. The Balaban J connectivity index is 1.46. The normalized spacial score (nSPS) is 14.1. The molecule has 1 aromatic heterocycles. The number of aryl methyl sites for hydroxylation is 1. The van der Waals surface area contributed by atoms with Crippen LogP contribution in [0.15, 0.2) is 42.5 Å². The Morgan fingerprint density at radius 1 is 0.971 bits per heavy atom.